The first-order valence-electron chi connectivity index (χ1n) is 7.60. The number of pyridine rings is 2. The summed E-state index contributed by atoms with van der Waals surface area (Å²) in [5.41, 5.74) is 4.02. The highest BCUT2D eigenvalue weighted by Crippen LogP contribution is 2.38. The molecule has 0 fully saturated rings. The van der Waals surface area contributed by atoms with Crippen LogP contribution in [-0.4, -0.2) is 4.98 Å². The van der Waals surface area contributed by atoms with Gasteiger partial charge in [0.25, 0.3) is 0 Å². The monoisotopic (exact) mass is 325 g/mol. The maximum atomic E-state index is 14.6. The van der Waals surface area contributed by atoms with Crippen LogP contribution < -0.4 is 4.57 Å². The molecule has 0 aliphatic rings. The Morgan fingerprint density at radius 2 is 1.88 bits per heavy atom. The lowest BCUT2D eigenvalue weighted by Crippen LogP contribution is -2.30. The lowest BCUT2D eigenvalue weighted by atomic mass is 9.99. The normalized spacial score (nSPS) is 11.5. The van der Waals surface area contributed by atoms with Gasteiger partial charge in [-0.15, -0.1) is 0 Å². The van der Waals surface area contributed by atoms with Crippen LogP contribution in [0.15, 0.2) is 40.9 Å². The maximum absolute atomic E-state index is 14.6. The zero-order valence-corrected chi connectivity index (χ0v) is 13.5. The molecule has 3 nitrogen and oxygen atoms in total. The fourth-order valence-corrected chi connectivity index (χ4v) is 3.12. The largest absolute Gasteiger partial charge is 0.437 e. The molecule has 0 bridgehead atoms. The second-order valence-electron chi connectivity index (χ2n) is 6.04. The molecule has 1 aromatic carbocycles. The lowest BCUT2D eigenvalue weighted by molar-refractivity contribution is -0.660. The summed E-state index contributed by atoms with van der Waals surface area (Å²) in [6.07, 6.45) is 1.94. The van der Waals surface area contributed by atoms with E-state index < -0.39 is 11.8 Å². The van der Waals surface area contributed by atoms with E-state index in [4.69, 9.17) is 4.42 Å². The molecule has 0 atom stereocenters. The summed E-state index contributed by atoms with van der Waals surface area (Å²) in [6.45, 7) is 3.83. The molecule has 0 radical (unpaired) electrons. The van der Waals surface area contributed by atoms with Crippen molar-refractivity contribution in [2.75, 3.05) is 0 Å². The fourth-order valence-electron chi connectivity index (χ4n) is 3.12. The van der Waals surface area contributed by atoms with Crippen molar-refractivity contribution >= 4 is 22.1 Å². The lowest BCUT2D eigenvalue weighted by Gasteiger charge is -2.07. The molecule has 0 spiro atoms. The van der Waals surface area contributed by atoms with Gasteiger partial charge in [0.05, 0.1) is 16.3 Å². The van der Waals surface area contributed by atoms with E-state index in [9.17, 15) is 8.78 Å². The molecule has 0 aliphatic carbocycles. The number of fused-ring (bicyclic) bond motifs is 3. The Hall–Kier alpha value is -2.82. The molecule has 0 saturated heterocycles. The fraction of sp³-hybridized carbons (Fsp3) is 0.158. The van der Waals surface area contributed by atoms with Gasteiger partial charge in [-0.05, 0) is 43.2 Å². The van der Waals surface area contributed by atoms with E-state index in [1.165, 1.54) is 18.2 Å². The second-order valence-corrected chi connectivity index (χ2v) is 6.04. The van der Waals surface area contributed by atoms with Gasteiger partial charge < -0.3 is 4.42 Å². The molecule has 120 valence electrons. The van der Waals surface area contributed by atoms with E-state index in [-0.39, 0.29) is 5.71 Å². The van der Waals surface area contributed by atoms with E-state index in [1.54, 1.807) is 0 Å². The molecular formula is C19H15F2N2O+. The molecule has 3 aromatic heterocycles. The van der Waals surface area contributed by atoms with Gasteiger partial charge in [0.2, 0.25) is 17.4 Å². The van der Waals surface area contributed by atoms with Crippen LogP contribution in [0, 0.1) is 25.6 Å². The molecule has 0 N–H and O–H groups in total. The minimum atomic E-state index is -0.652. The topological polar surface area (TPSA) is 29.9 Å². The van der Waals surface area contributed by atoms with Crippen molar-refractivity contribution in [3.05, 3.63) is 59.4 Å². The highest BCUT2D eigenvalue weighted by Gasteiger charge is 2.24. The minimum absolute atomic E-state index is 0.103. The summed E-state index contributed by atoms with van der Waals surface area (Å²) in [5, 5.41) is 0.806. The first-order valence-corrected chi connectivity index (χ1v) is 7.60. The molecule has 3 heterocycles. The number of furan rings is 1. The molecular weight excluding hydrogens is 310 g/mol. The number of rotatable bonds is 1. The Morgan fingerprint density at radius 1 is 1.08 bits per heavy atom. The predicted octanol–water partition coefficient (Wildman–Crippen LogP) is 4.37. The van der Waals surface area contributed by atoms with Crippen molar-refractivity contribution < 1.29 is 17.8 Å². The van der Waals surface area contributed by atoms with Gasteiger partial charge in [-0.2, -0.15) is 9.37 Å². The van der Waals surface area contributed by atoms with Crippen LogP contribution in [0.4, 0.5) is 8.78 Å². The Balaban J connectivity index is 2.20. The predicted molar refractivity (Wildman–Crippen MR) is 87.5 cm³/mol. The highest BCUT2D eigenvalue weighted by molar-refractivity contribution is 6.09. The summed E-state index contributed by atoms with van der Waals surface area (Å²) in [6, 6.07) is 8.21. The first kappa shape index (κ1) is 14.8. The minimum Gasteiger partial charge on any atom is -0.437 e. The van der Waals surface area contributed by atoms with Gasteiger partial charge >= 0.3 is 0 Å². The van der Waals surface area contributed by atoms with Crippen molar-refractivity contribution in [2.24, 2.45) is 7.05 Å². The van der Waals surface area contributed by atoms with Crippen molar-refractivity contribution in [1.82, 2.24) is 4.98 Å². The van der Waals surface area contributed by atoms with Crippen molar-refractivity contribution in [1.29, 1.82) is 0 Å². The zero-order chi connectivity index (χ0) is 17.0. The van der Waals surface area contributed by atoms with Gasteiger partial charge in [-0.1, -0.05) is 0 Å². The number of benzene rings is 1. The van der Waals surface area contributed by atoms with Crippen LogP contribution in [0.2, 0.25) is 0 Å². The Morgan fingerprint density at radius 3 is 2.67 bits per heavy atom. The van der Waals surface area contributed by atoms with Gasteiger partial charge in [0.15, 0.2) is 11.8 Å². The molecule has 24 heavy (non-hydrogen) atoms. The smallest absolute Gasteiger partial charge is 0.230 e. The standard InChI is InChI=1S/C19H15F2N2O/c1-10-6-7-23(3)14(8-10)16-11(2)9-13(20)17-12-4-5-15(21)22-19(12)24-18(16)17/h4-9H,1-3H3/q+1. The third-order valence-corrected chi connectivity index (χ3v) is 4.29. The number of hydrogen-bond donors (Lipinski definition) is 0. The van der Waals surface area contributed by atoms with Crippen LogP contribution in [0.1, 0.15) is 11.1 Å². The maximum Gasteiger partial charge on any atom is 0.230 e. The van der Waals surface area contributed by atoms with Crippen molar-refractivity contribution in [2.45, 2.75) is 13.8 Å². The number of aromatic nitrogens is 2. The third-order valence-electron chi connectivity index (χ3n) is 4.29. The summed E-state index contributed by atoms with van der Waals surface area (Å²) in [4.78, 5) is 3.75. The van der Waals surface area contributed by atoms with Gasteiger partial charge in [-0.3, -0.25) is 0 Å². The van der Waals surface area contributed by atoms with E-state index in [1.807, 2.05) is 43.8 Å². The number of nitrogens with zero attached hydrogens (tertiary/aromatic N) is 2. The average molecular weight is 325 g/mol. The van der Waals surface area contributed by atoms with Gasteiger partial charge in [0.1, 0.15) is 12.9 Å². The van der Waals surface area contributed by atoms with Crippen molar-refractivity contribution in [3.63, 3.8) is 0 Å². The van der Waals surface area contributed by atoms with E-state index in [0.717, 1.165) is 22.4 Å². The summed E-state index contributed by atoms with van der Waals surface area (Å²) < 4.78 is 35.7. The van der Waals surface area contributed by atoms with Crippen LogP contribution in [0.5, 0.6) is 0 Å². The van der Waals surface area contributed by atoms with Gasteiger partial charge in [-0.25, -0.2) is 8.96 Å². The molecule has 0 aliphatic heterocycles. The summed E-state index contributed by atoms with van der Waals surface area (Å²) >= 11 is 0. The summed E-state index contributed by atoms with van der Waals surface area (Å²) in [5.74, 6) is -1.05. The third kappa shape index (κ3) is 2.08. The SMILES string of the molecule is Cc1cc[n+](C)c(-c2c(C)cc(F)c3c2oc2nc(F)ccc23)c1. The molecule has 5 heteroatoms. The van der Waals surface area contributed by atoms with Crippen LogP contribution >= 0.6 is 0 Å². The molecule has 0 amide bonds. The van der Waals surface area contributed by atoms with E-state index in [2.05, 4.69) is 4.98 Å². The Labute approximate surface area is 137 Å². The quantitative estimate of drug-likeness (QED) is 0.384. The Bertz CT molecular complexity index is 1120. The molecule has 4 rings (SSSR count). The first-order chi connectivity index (χ1) is 11.5. The zero-order valence-electron chi connectivity index (χ0n) is 13.5. The van der Waals surface area contributed by atoms with Crippen LogP contribution in [0.3, 0.4) is 0 Å². The number of halogens is 2. The summed E-state index contributed by atoms with van der Waals surface area (Å²) in [7, 11) is 1.92. The van der Waals surface area contributed by atoms with Crippen LogP contribution in [0.25, 0.3) is 33.3 Å². The van der Waals surface area contributed by atoms with E-state index >= 15 is 0 Å². The molecule has 0 saturated carbocycles. The van der Waals surface area contributed by atoms with Crippen molar-refractivity contribution in [3.8, 4) is 11.3 Å². The number of hydrogen-bond acceptors (Lipinski definition) is 2. The van der Waals surface area contributed by atoms with Crippen LogP contribution in [-0.2, 0) is 7.05 Å². The average Bonchev–Trinajstić information content (AvgIpc) is 2.89. The highest BCUT2D eigenvalue weighted by atomic mass is 19.1. The second kappa shape index (κ2) is 5.09. The Kier molecular flexibility index (Phi) is 3.13. The van der Waals surface area contributed by atoms with E-state index in [0.29, 0.717) is 16.4 Å². The molecule has 0 unspecified atom stereocenters. The van der Waals surface area contributed by atoms with Gasteiger partial charge in [0, 0.05) is 12.1 Å². The number of aryl methyl sites for hydroxylation is 3. The molecule has 4 aromatic rings.